The van der Waals surface area contributed by atoms with Crippen molar-refractivity contribution in [2.75, 3.05) is 33.9 Å². The molecule has 0 aliphatic carbocycles. The first-order chi connectivity index (χ1) is 16.8. The lowest BCUT2D eigenvalue weighted by atomic mass is 9.86. The van der Waals surface area contributed by atoms with Crippen molar-refractivity contribution in [3.05, 3.63) is 101 Å². The van der Waals surface area contributed by atoms with E-state index in [4.69, 9.17) is 9.47 Å². The highest BCUT2D eigenvalue weighted by molar-refractivity contribution is 7.98. The molecule has 0 aromatic heterocycles. The van der Waals surface area contributed by atoms with E-state index in [2.05, 4.69) is 65.6 Å². The van der Waals surface area contributed by atoms with Gasteiger partial charge in [-0.1, -0.05) is 60.2 Å². The minimum absolute atomic E-state index is 0.811. The van der Waals surface area contributed by atoms with Crippen LogP contribution in [0.25, 0.3) is 11.6 Å². The quantitative estimate of drug-likeness (QED) is 0.404. The lowest BCUT2D eigenvalue weighted by Gasteiger charge is -2.29. The largest absolute Gasteiger partial charge is 0.497 e. The number of nitrogens with zero attached hydrogens (tertiary/aromatic N) is 1. The number of ether oxygens (including phenoxy) is 2. The molecule has 3 aromatic rings. The van der Waals surface area contributed by atoms with E-state index in [0.29, 0.717) is 0 Å². The van der Waals surface area contributed by atoms with Crippen molar-refractivity contribution in [1.29, 1.82) is 0 Å². The third-order valence-corrected chi connectivity index (χ3v) is 7.86. The maximum atomic E-state index is 5.53. The molecular weight excluding hydrogens is 438 g/mol. The summed E-state index contributed by atoms with van der Waals surface area (Å²) < 4.78 is 10.8. The summed E-state index contributed by atoms with van der Waals surface area (Å²) in [6.45, 7) is 3.11. The molecule has 5 rings (SSSR count). The summed E-state index contributed by atoms with van der Waals surface area (Å²) in [7, 11) is 3.38. The van der Waals surface area contributed by atoms with Crippen LogP contribution >= 0.6 is 11.8 Å². The van der Waals surface area contributed by atoms with Crippen LogP contribution in [0.3, 0.4) is 0 Å². The van der Waals surface area contributed by atoms with Crippen LogP contribution in [-0.2, 0) is 5.75 Å². The summed E-state index contributed by atoms with van der Waals surface area (Å²) in [4.78, 5) is 3.94. The molecule has 2 aliphatic heterocycles. The zero-order valence-corrected chi connectivity index (χ0v) is 20.7. The molecule has 0 bridgehead atoms. The van der Waals surface area contributed by atoms with Crippen molar-refractivity contribution in [3.8, 4) is 11.5 Å². The van der Waals surface area contributed by atoms with Gasteiger partial charge < -0.3 is 9.47 Å². The fourth-order valence-electron chi connectivity index (χ4n) is 4.91. The highest BCUT2D eigenvalue weighted by atomic mass is 32.2. The monoisotopic (exact) mass is 469 g/mol. The van der Waals surface area contributed by atoms with Gasteiger partial charge >= 0.3 is 0 Å². The smallest absolute Gasteiger partial charge is 0.129 e. The third kappa shape index (κ3) is 4.79. The molecule has 1 saturated heterocycles. The second kappa shape index (κ2) is 10.5. The van der Waals surface area contributed by atoms with Crippen molar-refractivity contribution >= 4 is 23.4 Å². The molecule has 3 nitrogen and oxygen atoms in total. The zero-order valence-electron chi connectivity index (χ0n) is 19.9. The van der Waals surface area contributed by atoms with Crippen LogP contribution in [0.2, 0.25) is 0 Å². The Hall–Kier alpha value is -2.95. The fraction of sp³-hybridized carbons (Fsp3) is 0.267. The van der Waals surface area contributed by atoms with Crippen LogP contribution in [0.4, 0.5) is 0 Å². The molecule has 3 aromatic carbocycles. The lowest BCUT2D eigenvalue weighted by molar-refractivity contribution is 0.284. The van der Waals surface area contributed by atoms with E-state index in [0.717, 1.165) is 55.3 Å². The Morgan fingerprint density at radius 3 is 2.44 bits per heavy atom. The summed E-state index contributed by atoms with van der Waals surface area (Å²) in [5, 5.41) is 0. The summed E-state index contributed by atoms with van der Waals surface area (Å²) in [6.07, 6.45) is 6.63. The molecule has 0 amide bonds. The van der Waals surface area contributed by atoms with E-state index in [1.54, 1.807) is 19.8 Å². The normalized spacial score (nSPS) is 16.2. The van der Waals surface area contributed by atoms with Gasteiger partial charge in [-0.15, -0.1) is 11.8 Å². The van der Waals surface area contributed by atoms with Gasteiger partial charge in [-0.3, -0.25) is 4.90 Å². The fourth-order valence-corrected chi connectivity index (χ4v) is 5.97. The predicted octanol–water partition coefficient (Wildman–Crippen LogP) is 6.92. The molecule has 34 heavy (non-hydrogen) atoms. The van der Waals surface area contributed by atoms with Gasteiger partial charge in [-0.25, -0.2) is 0 Å². The molecule has 2 aliphatic rings. The van der Waals surface area contributed by atoms with E-state index >= 15 is 0 Å². The van der Waals surface area contributed by atoms with E-state index in [-0.39, 0.29) is 0 Å². The number of hydrogen-bond donors (Lipinski definition) is 0. The van der Waals surface area contributed by atoms with Crippen LogP contribution in [0.15, 0.2) is 83.3 Å². The van der Waals surface area contributed by atoms with E-state index in [1.165, 1.54) is 27.2 Å². The average molecular weight is 470 g/mol. The molecule has 0 N–H and O–H groups in total. The van der Waals surface area contributed by atoms with Gasteiger partial charge in [0.1, 0.15) is 11.5 Å². The maximum absolute atomic E-state index is 5.53. The number of thioether (sulfide) groups is 1. The average Bonchev–Trinajstić information content (AvgIpc) is 3.06. The van der Waals surface area contributed by atoms with Gasteiger partial charge in [-0.05, 0) is 53.3 Å². The number of likely N-dealkylation sites (tertiary alicyclic amines) is 1. The summed E-state index contributed by atoms with van der Waals surface area (Å²) in [6, 6.07) is 23.9. The number of fused-ring (bicyclic) bond motifs is 2. The molecule has 0 atom stereocenters. The number of piperidine rings is 1. The molecule has 174 valence electrons. The molecule has 4 heteroatoms. The molecule has 2 heterocycles. The van der Waals surface area contributed by atoms with Crippen LogP contribution in [0, 0.1) is 0 Å². The van der Waals surface area contributed by atoms with Crippen molar-refractivity contribution < 1.29 is 9.47 Å². The van der Waals surface area contributed by atoms with Gasteiger partial charge in [0.25, 0.3) is 0 Å². The molecule has 0 unspecified atom stereocenters. The van der Waals surface area contributed by atoms with Crippen LogP contribution in [0.1, 0.15) is 35.1 Å². The first-order valence-electron chi connectivity index (χ1n) is 11.9. The van der Waals surface area contributed by atoms with Gasteiger partial charge in [0.2, 0.25) is 0 Å². The first kappa shape index (κ1) is 22.8. The maximum Gasteiger partial charge on any atom is 0.129 e. The van der Waals surface area contributed by atoms with Crippen molar-refractivity contribution in [3.63, 3.8) is 0 Å². The minimum Gasteiger partial charge on any atom is -0.497 e. The van der Waals surface area contributed by atoms with E-state index in [9.17, 15) is 0 Å². The Bertz CT molecular complexity index is 1170. The van der Waals surface area contributed by atoms with Gasteiger partial charge in [0, 0.05) is 41.9 Å². The SMILES string of the molecule is COc1ccc(/C=C/CN2CCC(=C3c4ccccc4CSc4ccccc43)CC2)c(OC)c1. The van der Waals surface area contributed by atoms with Crippen molar-refractivity contribution in [2.24, 2.45) is 0 Å². The van der Waals surface area contributed by atoms with E-state index < -0.39 is 0 Å². The molecular formula is C30H31NO2S. The Labute approximate surface area is 207 Å². The highest BCUT2D eigenvalue weighted by Gasteiger charge is 2.23. The van der Waals surface area contributed by atoms with Gasteiger partial charge in [-0.2, -0.15) is 0 Å². The molecule has 0 radical (unpaired) electrons. The van der Waals surface area contributed by atoms with E-state index in [1.807, 2.05) is 30.0 Å². The molecule has 0 saturated carbocycles. The molecule has 0 spiro atoms. The predicted molar refractivity (Wildman–Crippen MR) is 143 cm³/mol. The number of methoxy groups -OCH3 is 2. The second-order valence-electron chi connectivity index (χ2n) is 8.73. The Morgan fingerprint density at radius 1 is 0.882 bits per heavy atom. The Kier molecular flexibility index (Phi) is 7.08. The van der Waals surface area contributed by atoms with Crippen LogP contribution in [0.5, 0.6) is 11.5 Å². The third-order valence-electron chi connectivity index (χ3n) is 6.74. The summed E-state index contributed by atoms with van der Waals surface area (Å²) >= 11 is 1.96. The zero-order chi connectivity index (χ0) is 23.3. The number of benzene rings is 3. The van der Waals surface area contributed by atoms with Crippen molar-refractivity contribution in [1.82, 2.24) is 4.90 Å². The van der Waals surface area contributed by atoms with Crippen molar-refractivity contribution in [2.45, 2.75) is 23.5 Å². The van der Waals surface area contributed by atoms with Gasteiger partial charge in [0.15, 0.2) is 0 Å². The van der Waals surface area contributed by atoms with Gasteiger partial charge in [0.05, 0.1) is 14.2 Å². The minimum atomic E-state index is 0.811. The molecule has 1 fully saturated rings. The number of hydrogen-bond acceptors (Lipinski definition) is 4. The topological polar surface area (TPSA) is 21.7 Å². The Balaban J connectivity index is 1.33. The van der Waals surface area contributed by atoms with Crippen LogP contribution < -0.4 is 9.47 Å². The summed E-state index contributed by atoms with van der Waals surface area (Å²) in [5.41, 5.74) is 8.44. The second-order valence-corrected chi connectivity index (χ2v) is 9.75. The lowest BCUT2D eigenvalue weighted by Crippen LogP contribution is -2.31. The standard InChI is InChI=1S/C30H31NO2S/c1-32-25-14-13-22(28(20-25)33-2)9-7-17-31-18-15-23(16-19-31)30-26-10-4-3-8-24(26)21-34-29-12-6-5-11-27(29)30/h3-14,20H,15-19,21H2,1-2H3/b9-7+. The Morgan fingerprint density at radius 2 is 1.65 bits per heavy atom. The number of rotatable bonds is 5. The summed E-state index contributed by atoms with van der Waals surface area (Å²) in [5.74, 6) is 2.69. The highest BCUT2D eigenvalue weighted by Crippen LogP contribution is 2.43. The van der Waals surface area contributed by atoms with Crippen LogP contribution in [-0.4, -0.2) is 38.8 Å². The first-order valence-corrected chi connectivity index (χ1v) is 12.9.